The molecule has 0 aromatic heterocycles. The van der Waals surface area contributed by atoms with Gasteiger partial charge in [0, 0.05) is 0 Å². The molecule has 6 heteroatoms. The Labute approximate surface area is 176 Å². The standard InChI is InChI=1S/C24H28N2O4/c1-16-10-12-18(13-11-16)24(2)22(28)26(23(29)25-24)14-19(27)15-30-21-9-5-7-17-6-3-4-8-20(17)21/h3-4,6,8,10-13,19,21,27H,5,7,9,14-15H2,1-2H3,(H,25,29)/t19-,21-,24+/m1/s1. The third-order valence-electron chi connectivity index (χ3n) is 6.10. The molecule has 6 nitrogen and oxygen atoms in total. The number of fused-ring (bicyclic) bond motifs is 1. The third kappa shape index (κ3) is 3.85. The first kappa shape index (κ1) is 20.6. The maximum absolute atomic E-state index is 13.0. The summed E-state index contributed by atoms with van der Waals surface area (Å²) in [5.41, 5.74) is 3.11. The Morgan fingerprint density at radius 3 is 2.70 bits per heavy atom. The van der Waals surface area contributed by atoms with E-state index in [0.717, 1.165) is 40.9 Å². The van der Waals surface area contributed by atoms with Gasteiger partial charge < -0.3 is 15.2 Å². The molecule has 2 aromatic carbocycles. The normalized spacial score (nSPS) is 24.5. The van der Waals surface area contributed by atoms with Crippen molar-refractivity contribution < 1.29 is 19.4 Å². The second-order valence-electron chi connectivity index (χ2n) is 8.40. The molecule has 4 rings (SSSR count). The molecule has 0 saturated carbocycles. The number of aryl methyl sites for hydroxylation is 2. The number of urea groups is 1. The number of rotatable bonds is 6. The predicted octanol–water partition coefficient (Wildman–Crippen LogP) is 3.22. The van der Waals surface area contributed by atoms with Crippen LogP contribution in [0.3, 0.4) is 0 Å². The Hall–Kier alpha value is -2.70. The summed E-state index contributed by atoms with van der Waals surface area (Å²) < 4.78 is 5.98. The van der Waals surface area contributed by atoms with Gasteiger partial charge in [-0.05, 0) is 49.8 Å². The van der Waals surface area contributed by atoms with Crippen molar-refractivity contribution in [1.29, 1.82) is 0 Å². The molecule has 2 aromatic rings. The number of β-amino-alcohol motifs (C(OH)–C–C–N with tert-alkyl or cyclic N) is 1. The molecule has 1 heterocycles. The Kier molecular flexibility index (Phi) is 5.62. The molecule has 3 atom stereocenters. The Morgan fingerprint density at radius 1 is 1.20 bits per heavy atom. The van der Waals surface area contributed by atoms with Gasteiger partial charge >= 0.3 is 6.03 Å². The summed E-state index contributed by atoms with van der Waals surface area (Å²) in [6, 6.07) is 15.2. The van der Waals surface area contributed by atoms with E-state index in [1.165, 1.54) is 5.56 Å². The minimum Gasteiger partial charge on any atom is -0.389 e. The van der Waals surface area contributed by atoms with Crippen LogP contribution in [0, 0.1) is 6.92 Å². The van der Waals surface area contributed by atoms with Crippen LogP contribution in [-0.4, -0.2) is 41.2 Å². The van der Waals surface area contributed by atoms with Crippen molar-refractivity contribution in [3.8, 4) is 0 Å². The molecule has 0 spiro atoms. The molecule has 0 radical (unpaired) electrons. The first-order chi connectivity index (χ1) is 14.4. The van der Waals surface area contributed by atoms with E-state index in [-0.39, 0.29) is 25.2 Å². The zero-order chi connectivity index (χ0) is 21.3. The highest BCUT2D eigenvalue weighted by Gasteiger charge is 2.49. The Balaban J connectivity index is 1.39. The van der Waals surface area contributed by atoms with Crippen LogP contribution < -0.4 is 5.32 Å². The molecule has 0 unspecified atom stereocenters. The van der Waals surface area contributed by atoms with Gasteiger partial charge in [0.2, 0.25) is 0 Å². The summed E-state index contributed by atoms with van der Waals surface area (Å²) in [5, 5.41) is 13.3. The van der Waals surface area contributed by atoms with Gasteiger partial charge in [-0.2, -0.15) is 0 Å². The number of hydrogen-bond acceptors (Lipinski definition) is 4. The lowest BCUT2D eigenvalue weighted by atomic mass is 9.89. The lowest BCUT2D eigenvalue weighted by Crippen LogP contribution is -2.42. The highest BCUT2D eigenvalue weighted by atomic mass is 16.5. The van der Waals surface area contributed by atoms with Gasteiger partial charge in [0.25, 0.3) is 5.91 Å². The van der Waals surface area contributed by atoms with Crippen molar-refractivity contribution >= 4 is 11.9 Å². The molecule has 1 aliphatic carbocycles. The smallest absolute Gasteiger partial charge is 0.325 e. The van der Waals surface area contributed by atoms with Crippen LogP contribution >= 0.6 is 0 Å². The quantitative estimate of drug-likeness (QED) is 0.720. The summed E-state index contributed by atoms with van der Waals surface area (Å²) in [6.07, 6.45) is 1.97. The number of benzene rings is 2. The number of aliphatic hydroxyl groups excluding tert-OH is 1. The molecule has 0 bridgehead atoms. The number of hydrogen-bond donors (Lipinski definition) is 2. The molecule has 1 saturated heterocycles. The van der Waals surface area contributed by atoms with E-state index in [1.807, 2.05) is 43.3 Å². The van der Waals surface area contributed by atoms with Gasteiger partial charge in [0.15, 0.2) is 0 Å². The molecule has 2 N–H and O–H groups in total. The number of carbonyl (C=O) groups excluding carboxylic acids is 2. The number of nitrogens with one attached hydrogen (secondary N) is 1. The van der Waals surface area contributed by atoms with Gasteiger partial charge in [-0.1, -0.05) is 54.1 Å². The first-order valence-corrected chi connectivity index (χ1v) is 10.5. The maximum Gasteiger partial charge on any atom is 0.325 e. The van der Waals surface area contributed by atoms with Gasteiger partial charge in [-0.3, -0.25) is 9.69 Å². The molecule has 2 aliphatic rings. The van der Waals surface area contributed by atoms with E-state index >= 15 is 0 Å². The predicted molar refractivity (Wildman–Crippen MR) is 113 cm³/mol. The highest BCUT2D eigenvalue weighted by Crippen LogP contribution is 2.33. The minimum absolute atomic E-state index is 0.0643. The summed E-state index contributed by atoms with van der Waals surface area (Å²) in [5.74, 6) is -0.363. The fraction of sp³-hybridized carbons (Fsp3) is 0.417. The zero-order valence-electron chi connectivity index (χ0n) is 17.4. The van der Waals surface area contributed by atoms with Crippen LogP contribution in [0.2, 0.25) is 0 Å². The topological polar surface area (TPSA) is 78.9 Å². The summed E-state index contributed by atoms with van der Waals surface area (Å²) in [4.78, 5) is 26.6. The average molecular weight is 408 g/mol. The minimum atomic E-state index is -1.13. The van der Waals surface area contributed by atoms with Crippen LogP contribution in [0.25, 0.3) is 0 Å². The van der Waals surface area contributed by atoms with Crippen LogP contribution in [0.1, 0.15) is 48.1 Å². The van der Waals surface area contributed by atoms with Crippen LogP contribution in [0.4, 0.5) is 4.79 Å². The lowest BCUT2D eigenvalue weighted by Gasteiger charge is -2.27. The Bertz CT molecular complexity index is 942. The fourth-order valence-corrected chi connectivity index (χ4v) is 4.32. The largest absolute Gasteiger partial charge is 0.389 e. The number of aliphatic hydroxyl groups is 1. The van der Waals surface area contributed by atoms with E-state index < -0.39 is 17.7 Å². The van der Waals surface area contributed by atoms with E-state index in [0.29, 0.717) is 0 Å². The summed E-state index contributed by atoms with van der Waals surface area (Å²) in [6.45, 7) is 3.63. The third-order valence-corrected chi connectivity index (χ3v) is 6.10. The number of ether oxygens (including phenoxy) is 1. The van der Waals surface area contributed by atoms with Crippen molar-refractivity contribution in [3.05, 3.63) is 70.8 Å². The average Bonchev–Trinajstić information content (AvgIpc) is 2.96. The second-order valence-corrected chi connectivity index (χ2v) is 8.40. The SMILES string of the molecule is Cc1ccc([C@]2(C)NC(=O)N(C[C@@H](O)CO[C@@H]3CCCc4ccccc43)C2=O)cc1. The first-order valence-electron chi connectivity index (χ1n) is 10.5. The second kappa shape index (κ2) is 8.20. The van der Waals surface area contributed by atoms with E-state index in [2.05, 4.69) is 17.4 Å². The summed E-state index contributed by atoms with van der Waals surface area (Å²) >= 11 is 0. The highest BCUT2D eigenvalue weighted by molar-refractivity contribution is 6.07. The van der Waals surface area contributed by atoms with Gasteiger partial charge in [-0.15, -0.1) is 0 Å². The fourth-order valence-electron chi connectivity index (χ4n) is 4.32. The molecular formula is C24H28N2O4. The lowest BCUT2D eigenvalue weighted by molar-refractivity contribution is -0.132. The van der Waals surface area contributed by atoms with Crippen LogP contribution in [-0.2, 0) is 21.5 Å². The van der Waals surface area contributed by atoms with E-state index in [1.54, 1.807) is 6.92 Å². The van der Waals surface area contributed by atoms with Gasteiger partial charge in [0.1, 0.15) is 5.54 Å². The zero-order valence-corrected chi connectivity index (χ0v) is 17.4. The summed E-state index contributed by atoms with van der Waals surface area (Å²) in [7, 11) is 0. The molecular weight excluding hydrogens is 380 g/mol. The maximum atomic E-state index is 13.0. The monoisotopic (exact) mass is 408 g/mol. The van der Waals surface area contributed by atoms with Crippen LogP contribution in [0.15, 0.2) is 48.5 Å². The van der Waals surface area contributed by atoms with Crippen molar-refractivity contribution in [1.82, 2.24) is 10.2 Å². The Morgan fingerprint density at radius 2 is 1.93 bits per heavy atom. The van der Waals surface area contributed by atoms with Gasteiger partial charge in [0.05, 0.1) is 25.4 Å². The van der Waals surface area contributed by atoms with Crippen LogP contribution in [0.5, 0.6) is 0 Å². The molecule has 1 aliphatic heterocycles. The van der Waals surface area contributed by atoms with Crippen molar-refractivity contribution in [2.24, 2.45) is 0 Å². The number of amides is 3. The molecule has 3 amide bonds. The van der Waals surface area contributed by atoms with Crippen molar-refractivity contribution in [2.45, 2.75) is 50.9 Å². The van der Waals surface area contributed by atoms with Gasteiger partial charge in [-0.25, -0.2) is 4.79 Å². The van der Waals surface area contributed by atoms with Crippen molar-refractivity contribution in [3.63, 3.8) is 0 Å². The number of imide groups is 1. The van der Waals surface area contributed by atoms with Crippen molar-refractivity contribution in [2.75, 3.05) is 13.2 Å². The van der Waals surface area contributed by atoms with E-state index in [4.69, 9.17) is 4.74 Å². The number of carbonyl (C=O) groups is 2. The molecule has 30 heavy (non-hydrogen) atoms. The number of nitrogens with zero attached hydrogens (tertiary/aromatic N) is 1. The molecule has 1 fully saturated rings. The molecule has 158 valence electrons. The van der Waals surface area contributed by atoms with E-state index in [9.17, 15) is 14.7 Å².